The molecule has 144 valence electrons. The van der Waals surface area contributed by atoms with Gasteiger partial charge in [-0.1, -0.05) is 18.2 Å². The number of rotatable bonds is 7. The summed E-state index contributed by atoms with van der Waals surface area (Å²) in [7, 11) is 0. The number of carbonyl (C=O) groups is 2. The van der Waals surface area contributed by atoms with E-state index in [9.17, 15) is 14.7 Å². The summed E-state index contributed by atoms with van der Waals surface area (Å²) in [5.41, 5.74) is 1.78. The molecule has 2 heterocycles. The van der Waals surface area contributed by atoms with E-state index in [0.29, 0.717) is 18.0 Å². The smallest absolute Gasteiger partial charge is 0.261 e. The van der Waals surface area contributed by atoms with Crippen LogP contribution in [0.2, 0.25) is 0 Å². The summed E-state index contributed by atoms with van der Waals surface area (Å²) >= 11 is 1.37. The molecular formula is C19H23N3O4S. The Kier molecular flexibility index (Phi) is 6.57. The summed E-state index contributed by atoms with van der Waals surface area (Å²) in [5, 5.41) is 21.1. The highest BCUT2D eigenvalue weighted by molar-refractivity contribution is 7.12. The van der Waals surface area contributed by atoms with E-state index in [0.717, 1.165) is 11.3 Å². The molecule has 3 rings (SSSR count). The molecule has 2 aromatic rings. The van der Waals surface area contributed by atoms with Gasteiger partial charge in [-0.3, -0.25) is 9.59 Å². The zero-order valence-corrected chi connectivity index (χ0v) is 15.8. The number of hydrogen-bond acceptors (Lipinski definition) is 6. The number of amides is 2. The van der Waals surface area contributed by atoms with Crippen LogP contribution in [0.5, 0.6) is 0 Å². The minimum absolute atomic E-state index is 0.107. The Labute approximate surface area is 161 Å². The molecule has 3 atom stereocenters. The molecule has 0 aliphatic carbocycles. The topological polar surface area (TPSA) is 99.7 Å². The van der Waals surface area contributed by atoms with Crippen molar-refractivity contribution in [2.24, 2.45) is 0 Å². The minimum Gasteiger partial charge on any atom is -0.389 e. The molecule has 0 saturated carbocycles. The van der Waals surface area contributed by atoms with E-state index in [1.54, 1.807) is 6.07 Å². The van der Waals surface area contributed by atoms with Crippen molar-refractivity contribution in [1.82, 2.24) is 10.6 Å². The summed E-state index contributed by atoms with van der Waals surface area (Å²) in [4.78, 5) is 23.7. The fourth-order valence-corrected chi connectivity index (χ4v) is 3.53. The summed E-state index contributed by atoms with van der Waals surface area (Å²) in [6.07, 6.45) is -1.14. The van der Waals surface area contributed by atoms with Gasteiger partial charge in [0.05, 0.1) is 23.6 Å². The van der Waals surface area contributed by atoms with E-state index in [-0.39, 0.29) is 24.4 Å². The molecular weight excluding hydrogens is 366 g/mol. The van der Waals surface area contributed by atoms with Gasteiger partial charge in [0.2, 0.25) is 5.91 Å². The average molecular weight is 389 g/mol. The highest BCUT2D eigenvalue weighted by Crippen LogP contribution is 2.16. The van der Waals surface area contributed by atoms with Crippen LogP contribution in [0.3, 0.4) is 0 Å². The lowest BCUT2D eigenvalue weighted by Crippen LogP contribution is -2.44. The molecule has 0 unspecified atom stereocenters. The summed E-state index contributed by atoms with van der Waals surface area (Å²) < 4.78 is 5.63. The maximum atomic E-state index is 12.0. The molecule has 1 aliphatic heterocycles. The molecule has 1 saturated heterocycles. The average Bonchev–Trinajstić information content (AvgIpc) is 3.29. The third kappa shape index (κ3) is 5.36. The Morgan fingerprint density at radius 2 is 2.04 bits per heavy atom. The van der Waals surface area contributed by atoms with Gasteiger partial charge < -0.3 is 25.8 Å². The second-order valence-electron chi connectivity index (χ2n) is 6.42. The van der Waals surface area contributed by atoms with E-state index >= 15 is 0 Å². The van der Waals surface area contributed by atoms with Crippen molar-refractivity contribution < 1.29 is 19.4 Å². The number of nitrogens with one attached hydrogen (secondary N) is 3. The normalized spacial score (nSPS) is 21.8. The molecule has 4 N–H and O–H groups in total. The first-order valence-electron chi connectivity index (χ1n) is 8.74. The molecule has 7 nitrogen and oxygen atoms in total. The van der Waals surface area contributed by atoms with Crippen molar-refractivity contribution in [3.05, 3.63) is 52.2 Å². The quantitative estimate of drug-likeness (QED) is 0.573. The second kappa shape index (κ2) is 9.09. The molecule has 0 radical (unpaired) electrons. The van der Waals surface area contributed by atoms with Crippen LogP contribution in [0.1, 0.15) is 22.2 Å². The monoisotopic (exact) mass is 389 g/mol. The number of aliphatic hydroxyl groups is 1. The van der Waals surface area contributed by atoms with Crippen LogP contribution in [-0.4, -0.2) is 48.3 Å². The van der Waals surface area contributed by atoms with Gasteiger partial charge in [0.1, 0.15) is 6.10 Å². The van der Waals surface area contributed by atoms with Gasteiger partial charge in [-0.05, 0) is 29.1 Å². The molecule has 2 amide bonds. The van der Waals surface area contributed by atoms with Crippen LogP contribution >= 0.6 is 11.3 Å². The van der Waals surface area contributed by atoms with Gasteiger partial charge in [0, 0.05) is 25.7 Å². The fraction of sp³-hybridized carbons (Fsp3) is 0.368. The third-order valence-corrected chi connectivity index (χ3v) is 5.20. The Hall–Kier alpha value is -2.26. The van der Waals surface area contributed by atoms with Crippen molar-refractivity contribution in [3.8, 4) is 0 Å². The van der Waals surface area contributed by atoms with Crippen LogP contribution in [0, 0.1) is 0 Å². The Bertz CT molecular complexity index is 764. The fourth-order valence-electron chi connectivity index (χ4n) is 2.89. The van der Waals surface area contributed by atoms with E-state index in [1.807, 2.05) is 35.7 Å². The maximum absolute atomic E-state index is 12.0. The number of benzene rings is 1. The lowest BCUT2D eigenvalue weighted by atomic mass is 10.1. The molecule has 1 fully saturated rings. The lowest BCUT2D eigenvalue weighted by Gasteiger charge is -2.19. The van der Waals surface area contributed by atoms with Crippen LogP contribution in [0.4, 0.5) is 5.69 Å². The number of anilines is 1. The maximum Gasteiger partial charge on any atom is 0.261 e. The first kappa shape index (κ1) is 19.5. The SMILES string of the molecule is CC(=O)Nc1ccc(CN[C@@H]2CO[C@H](CNC(=O)c3cccs3)[C@H]2O)cc1. The zero-order chi connectivity index (χ0) is 19.2. The van der Waals surface area contributed by atoms with Crippen molar-refractivity contribution in [3.63, 3.8) is 0 Å². The first-order valence-corrected chi connectivity index (χ1v) is 9.62. The summed E-state index contributed by atoms with van der Waals surface area (Å²) in [6.45, 7) is 2.68. The first-order chi connectivity index (χ1) is 13.0. The van der Waals surface area contributed by atoms with Crippen LogP contribution in [0.25, 0.3) is 0 Å². The van der Waals surface area contributed by atoms with Crippen molar-refractivity contribution in [1.29, 1.82) is 0 Å². The van der Waals surface area contributed by atoms with Crippen molar-refractivity contribution in [2.45, 2.75) is 31.7 Å². The highest BCUT2D eigenvalue weighted by Gasteiger charge is 2.35. The molecule has 1 aliphatic rings. The Balaban J connectivity index is 1.43. The number of aliphatic hydroxyl groups excluding tert-OH is 1. The summed E-state index contributed by atoms with van der Waals surface area (Å²) in [6, 6.07) is 10.9. The Morgan fingerprint density at radius 1 is 1.26 bits per heavy atom. The van der Waals surface area contributed by atoms with E-state index in [2.05, 4.69) is 16.0 Å². The predicted octanol–water partition coefficient (Wildman–Crippen LogP) is 1.35. The highest BCUT2D eigenvalue weighted by atomic mass is 32.1. The van der Waals surface area contributed by atoms with Gasteiger partial charge in [0.25, 0.3) is 5.91 Å². The van der Waals surface area contributed by atoms with E-state index in [1.165, 1.54) is 18.3 Å². The standard InChI is InChI=1S/C19H23N3O4S/c1-12(23)22-14-6-4-13(5-7-14)9-20-15-11-26-16(18(15)24)10-21-19(25)17-3-2-8-27-17/h2-8,15-16,18,20,24H,9-11H2,1H3,(H,21,25)(H,22,23)/t15-,16-,18+/m1/s1. The van der Waals surface area contributed by atoms with Crippen molar-refractivity contribution >= 4 is 28.8 Å². The molecule has 1 aromatic heterocycles. The minimum atomic E-state index is -0.702. The van der Waals surface area contributed by atoms with Gasteiger partial charge >= 0.3 is 0 Å². The number of carbonyl (C=O) groups excluding carboxylic acids is 2. The number of thiophene rings is 1. The second-order valence-corrected chi connectivity index (χ2v) is 7.36. The third-order valence-electron chi connectivity index (χ3n) is 4.33. The lowest BCUT2D eigenvalue weighted by molar-refractivity contribution is -0.114. The summed E-state index contributed by atoms with van der Waals surface area (Å²) in [5.74, 6) is -0.263. The van der Waals surface area contributed by atoms with Gasteiger partial charge in [-0.15, -0.1) is 11.3 Å². The number of hydrogen-bond donors (Lipinski definition) is 4. The van der Waals surface area contributed by atoms with Crippen LogP contribution < -0.4 is 16.0 Å². The predicted molar refractivity (Wildman–Crippen MR) is 104 cm³/mol. The van der Waals surface area contributed by atoms with E-state index < -0.39 is 12.2 Å². The van der Waals surface area contributed by atoms with Gasteiger partial charge in [0.15, 0.2) is 0 Å². The molecule has 27 heavy (non-hydrogen) atoms. The van der Waals surface area contributed by atoms with E-state index in [4.69, 9.17) is 4.74 Å². The molecule has 1 aromatic carbocycles. The molecule has 8 heteroatoms. The van der Waals surface area contributed by atoms with Gasteiger partial charge in [-0.25, -0.2) is 0 Å². The van der Waals surface area contributed by atoms with Crippen LogP contribution in [-0.2, 0) is 16.1 Å². The van der Waals surface area contributed by atoms with Crippen LogP contribution in [0.15, 0.2) is 41.8 Å². The number of ether oxygens (including phenoxy) is 1. The molecule has 0 bridgehead atoms. The largest absolute Gasteiger partial charge is 0.389 e. The van der Waals surface area contributed by atoms with Crippen molar-refractivity contribution in [2.75, 3.05) is 18.5 Å². The zero-order valence-electron chi connectivity index (χ0n) is 15.0. The Morgan fingerprint density at radius 3 is 2.70 bits per heavy atom. The molecule has 0 spiro atoms. The van der Waals surface area contributed by atoms with Gasteiger partial charge in [-0.2, -0.15) is 0 Å².